The fraction of sp³-hybridized carbons (Fsp3) is 0.214. The van der Waals surface area contributed by atoms with Crippen molar-refractivity contribution in [1.82, 2.24) is 10.3 Å². The summed E-state index contributed by atoms with van der Waals surface area (Å²) in [7, 11) is 0. The van der Waals surface area contributed by atoms with Gasteiger partial charge in [-0.2, -0.15) is 0 Å². The molecule has 1 aromatic heterocycles. The first-order chi connectivity index (χ1) is 7.90. The van der Waals surface area contributed by atoms with E-state index in [0.29, 0.717) is 0 Å². The zero-order valence-corrected chi connectivity index (χ0v) is 9.48. The molecule has 0 aliphatic heterocycles. The number of hydrogen-bond acceptors (Lipinski definition) is 2. The predicted molar refractivity (Wildman–Crippen MR) is 67.1 cm³/mol. The van der Waals surface area contributed by atoms with Crippen LogP contribution in [-0.2, 0) is 6.54 Å². The van der Waals surface area contributed by atoms with Crippen LogP contribution in [0.25, 0.3) is 11.1 Å². The van der Waals surface area contributed by atoms with Gasteiger partial charge in [0.15, 0.2) is 0 Å². The maximum absolute atomic E-state index is 4.14. The van der Waals surface area contributed by atoms with Crippen LogP contribution in [0.3, 0.4) is 0 Å². The van der Waals surface area contributed by atoms with Gasteiger partial charge in [0, 0.05) is 18.9 Å². The fourth-order valence-electron chi connectivity index (χ4n) is 1.66. The van der Waals surface area contributed by atoms with Crippen molar-refractivity contribution in [3.8, 4) is 11.1 Å². The van der Waals surface area contributed by atoms with Crippen LogP contribution in [0.15, 0.2) is 48.8 Å². The average Bonchev–Trinajstić information content (AvgIpc) is 2.38. The van der Waals surface area contributed by atoms with Gasteiger partial charge in [0.2, 0.25) is 0 Å². The summed E-state index contributed by atoms with van der Waals surface area (Å²) < 4.78 is 0. The first kappa shape index (κ1) is 10.8. The molecule has 1 N–H and O–H groups in total. The van der Waals surface area contributed by atoms with Gasteiger partial charge in [-0.15, -0.1) is 0 Å². The smallest absolute Gasteiger partial charge is 0.0346 e. The van der Waals surface area contributed by atoms with E-state index in [1.165, 1.54) is 16.7 Å². The van der Waals surface area contributed by atoms with E-state index in [1.807, 2.05) is 12.3 Å². The molecule has 2 nitrogen and oxygen atoms in total. The van der Waals surface area contributed by atoms with Crippen LogP contribution in [0.5, 0.6) is 0 Å². The number of nitrogens with one attached hydrogen (secondary N) is 1. The van der Waals surface area contributed by atoms with Crippen LogP contribution >= 0.6 is 0 Å². The maximum atomic E-state index is 4.14. The Morgan fingerprint density at radius 1 is 1.12 bits per heavy atom. The summed E-state index contributed by atoms with van der Waals surface area (Å²) in [5.74, 6) is 0. The van der Waals surface area contributed by atoms with Crippen molar-refractivity contribution >= 4 is 0 Å². The maximum Gasteiger partial charge on any atom is 0.0346 e. The number of benzene rings is 1. The molecule has 0 atom stereocenters. The molecule has 0 fully saturated rings. The standard InChI is InChI=1S/C14H16N2/c1-2-15-10-12-5-3-6-13(9-12)14-7-4-8-16-11-14/h3-9,11,15H,2,10H2,1H3. The Morgan fingerprint density at radius 3 is 2.75 bits per heavy atom. The van der Waals surface area contributed by atoms with E-state index in [0.717, 1.165) is 13.1 Å². The summed E-state index contributed by atoms with van der Waals surface area (Å²) in [4.78, 5) is 4.14. The fourth-order valence-corrected chi connectivity index (χ4v) is 1.66. The summed E-state index contributed by atoms with van der Waals surface area (Å²) in [6, 6.07) is 12.6. The highest BCUT2D eigenvalue weighted by Gasteiger charge is 1.98. The molecule has 0 spiro atoms. The molecule has 0 saturated heterocycles. The number of nitrogens with zero attached hydrogens (tertiary/aromatic N) is 1. The second-order valence-corrected chi connectivity index (χ2v) is 3.72. The largest absolute Gasteiger partial charge is 0.313 e. The van der Waals surface area contributed by atoms with Gasteiger partial charge < -0.3 is 5.32 Å². The minimum absolute atomic E-state index is 0.921. The molecule has 2 rings (SSSR count). The van der Waals surface area contributed by atoms with Crippen LogP contribution in [-0.4, -0.2) is 11.5 Å². The van der Waals surface area contributed by atoms with E-state index in [1.54, 1.807) is 6.20 Å². The Labute approximate surface area is 96.4 Å². The van der Waals surface area contributed by atoms with Crippen molar-refractivity contribution in [3.63, 3.8) is 0 Å². The second kappa shape index (κ2) is 5.42. The zero-order chi connectivity index (χ0) is 11.2. The van der Waals surface area contributed by atoms with Gasteiger partial charge in [0.25, 0.3) is 0 Å². The lowest BCUT2D eigenvalue weighted by molar-refractivity contribution is 0.727. The Hall–Kier alpha value is -1.67. The van der Waals surface area contributed by atoms with Gasteiger partial charge in [0.05, 0.1) is 0 Å². The zero-order valence-electron chi connectivity index (χ0n) is 9.48. The van der Waals surface area contributed by atoms with Gasteiger partial charge in [-0.1, -0.05) is 31.2 Å². The molecule has 0 unspecified atom stereocenters. The highest BCUT2D eigenvalue weighted by molar-refractivity contribution is 5.62. The van der Waals surface area contributed by atoms with E-state index in [9.17, 15) is 0 Å². The molecule has 16 heavy (non-hydrogen) atoms. The quantitative estimate of drug-likeness (QED) is 0.843. The molecular formula is C14H16N2. The first-order valence-corrected chi connectivity index (χ1v) is 5.60. The van der Waals surface area contributed by atoms with Crippen molar-refractivity contribution in [2.45, 2.75) is 13.5 Å². The highest BCUT2D eigenvalue weighted by atomic mass is 14.8. The van der Waals surface area contributed by atoms with Gasteiger partial charge in [-0.05, 0) is 35.4 Å². The second-order valence-electron chi connectivity index (χ2n) is 3.72. The van der Waals surface area contributed by atoms with Crippen LogP contribution in [0, 0.1) is 0 Å². The molecule has 2 heteroatoms. The molecule has 82 valence electrons. The number of aromatic nitrogens is 1. The predicted octanol–water partition coefficient (Wildman–Crippen LogP) is 2.86. The monoisotopic (exact) mass is 212 g/mol. The molecule has 1 heterocycles. The lowest BCUT2D eigenvalue weighted by Crippen LogP contribution is -2.11. The van der Waals surface area contributed by atoms with E-state index >= 15 is 0 Å². The normalized spacial score (nSPS) is 10.3. The minimum Gasteiger partial charge on any atom is -0.313 e. The van der Waals surface area contributed by atoms with Crippen LogP contribution in [0.2, 0.25) is 0 Å². The Kier molecular flexibility index (Phi) is 3.67. The van der Waals surface area contributed by atoms with Crippen LogP contribution in [0.1, 0.15) is 12.5 Å². The van der Waals surface area contributed by atoms with Crippen molar-refractivity contribution in [1.29, 1.82) is 0 Å². The van der Waals surface area contributed by atoms with Gasteiger partial charge in [-0.3, -0.25) is 4.98 Å². The lowest BCUT2D eigenvalue weighted by atomic mass is 10.0. The number of pyridine rings is 1. The van der Waals surface area contributed by atoms with Crippen molar-refractivity contribution in [2.24, 2.45) is 0 Å². The Bertz CT molecular complexity index is 437. The molecule has 0 saturated carbocycles. The van der Waals surface area contributed by atoms with E-state index in [4.69, 9.17) is 0 Å². The summed E-state index contributed by atoms with van der Waals surface area (Å²) in [6.07, 6.45) is 3.69. The third-order valence-corrected chi connectivity index (χ3v) is 2.50. The highest BCUT2D eigenvalue weighted by Crippen LogP contribution is 2.18. The Balaban J connectivity index is 2.22. The van der Waals surface area contributed by atoms with E-state index < -0.39 is 0 Å². The summed E-state index contributed by atoms with van der Waals surface area (Å²) >= 11 is 0. The molecule has 0 amide bonds. The molecular weight excluding hydrogens is 196 g/mol. The third-order valence-electron chi connectivity index (χ3n) is 2.50. The number of rotatable bonds is 4. The van der Waals surface area contributed by atoms with Crippen LogP contribution < -0.4 is 5.32 Å². The van der Waals surface area contributed by atoms with Crippen LogP contribution in [0.4, 0.5) is 0 Å². The molecule has 0 radical (unpaired) electrons. The summed E-state index contributed by atoms with van der Waals surface area (Å²) in [6.45, 7) is 4.03. The Morgan fingerprint density at radius 2 is 2.00 bits per heavy atom. The summed E-state index contributed by atoms with van der Waals surface area (Å²) in [5.41, 5.74) is 3.70. The molecule has 2 aromatic rings. The van der Waals surface area contributed by atoms with E-state index in [2.05, 4.69) is 47.6 Å². The molecule has 1 aromatic carbocycles. The molecule has 0 aliphatic rings. The van der Waals surface area contributed by atoms with Gasteiger partial charge in [0.1, 0.15) is 0 Å². The molecule has 0 bridgehead atoms. The summed E-state index contributed by atoms with van der Waals surface area (Å²) in [5, 5.41) is 3.33. The van der Waals surface area contributed by atoms with Crippen molar-refractivity contribution in [2.75, 3.05) is 6.54 Å². The van der Waals surface area contributed by atoms with Crippen molar-refractivity contribution < 1.29 is 0 Å². The lowest BCUT2D eigenvalue weighted by Gasteiger charge is -2.05. The SMILES string of the molecule is CCNCc1cccc(-c2cccnc2)c1. The van der Waals surface area contributed by atoms with Gasteiger partial charge in [-0.25, -0.2) is 0 Å². The number of hydrogen-bond donors (Lipinski definition) is 1. The minimum atomic E-state index is 0.921. The average molecular weight is 212 g/mol. The van der Waals surface area contributed by atoms with Crippen molar-refractivity contribution in [3.05, 3.63) is 54.4 Å². The molecule has 0 aliphatic carbocycles. The van der Waals surface area contributed by atoms with Gasteiger partial charge >= 0.3 is 0 Å². The third kappa shape index (κ3) is 2.67. The topological polar surface area (TPSA) is 24.9 Å². The first-order valence-electron chi connectivity index (χ1n) is 5.60. The van der Waals surface area contributed by atoms with E-state index in [-0.39, 0.29) is 0 Å².